The quantitative estimate of drug-likeness (QED) is 0.674. The summed E-state index contributed by atoms with van der Waals surface area (Å²) in [6.45, 7) is 7.43. The number of unbranched alkanes of at least 4 members (excludes halogenated alkanes) is 2. The van der Waals surface area contributed by atoms with Crippen LogP contribution in [0.3, 0.4) is 0 Å². The third-order valence-corrected chi connectivity index (χ3v) is 6.78. The zero-order valence-electron chi connectivity index (χ0n) is 15.9. The van der Waals surface area contributed by atoms with Gasteiger partial charge in [0.05, 0.1) is 5.75 Å². The maximum absolute atomic E-state index is 11.8. The SMILES string of the molecule is CCCCCN1CCC(c2c[nH]c3ccc(NS(=O)(=O)CC)cc23)CC1. The predicted octanol–water partition coefficient (Wildman–Crippen LogP) is 4.30. The number of sulfonamides is 1. The van der Waals surface area contributed by atoms with Gasteiger partial charge in [-0.3, -0.25) is 4.72 Å². The number of hydrogen-bond donors (Lipinski definition) is 2. The van der Waals surface area contributed by atoms with E-state index in [1.54, 1.807) is 6.92 Å². The maximum Gasteiger partial charge on any atom is 0.232 e. The summed E-state index contributed by atoms with van der Waals surface area (Å²) >= 11 is 0. The van der Waals surface area contributed by atoms with Gasteiger partial charge in [0, 0.05) is 22.8 Å². The average Bonchev–Trinajstić information content (AvgIpc) is 3.05. The van der Waals surface area contributed by atoms with Crippen molar-refractivity contribution in [3.8, 4) is 0 Å². The second kappa shape index (κ2) is 8.44. The number of benzene rings is 1. The summed E-state index contributed by atoms with van der Waals surface area (Å²) in [7, 11) is -3.25. The first-order valence-electron chi connectivity index (χ1n) is 9.86. The smallest absolute Gasteiger partial charge is 0.232 e. The molecule has 3 rings (SSSR count). The number of anilines is 1. The number of aromatic nitrogens is 1. The normalized spacial score (nSPS) is 17.0. The highest BCUT2D eigenvalue weighted by Gasteiger charge is 2.22. The Morgan fingerprint density at radius 2 is 1.96 bits per heavy atom. The molecule has 0 aliphatic carbocycles. The molecule has 0 saturated carbocycles. The van der Waals surface area contributed by atoms with E-state index < -0.39 is 10.0 Å². The van der Waals surface area contributed by atoms with Gasteiger partial charge in [-0.25, -0.2) is 8.42 Å². The van der Waals surface area contributed by atoms with Gasteiger partial charge in [-0.2, -0.15) is 0 Å². The van der Waals surface area contributed by atoms with Crippen LogP contribution in [0.25, 0.3) is 10.9 Å². The van der Waals surface area contributed by atoms with Gasteiger partial charge in [0.15, 0.2) is 0 Å². The molecule has 0 bridgehead atoms. The molecule has 2 heterocycles. The van der Waals surface area contributed by atoms with E-state index in [4.69, 9.17) is 0 Å². The van der Waals surface area contributed by atoms with Crippen molar-refractivity contribution in [2.45, 2.75) is 51.9 Å². The fraction of sp³-hybridized carbons (Fsp3) is 0.600. The van der Waals surface area contributed by atoms with Crippen LogP contribution >= 0.6 is 0 Å². The minimum atomic E-state index is -3.25. The number of rotatable bonds is 8. The summed E-state index contributed by atoms with van der Waals surface area (Å²) in [6.07, 6.45) is 8.35. The van der Waals surface area contributed by atoms with E-state index in [1.165, 1.54) is 44.2 Å². The number of likely N-dealkylation sites (tertiary alicyclic amines) is 1. The first-order valence-corrected chi connectivity index (χ1v) is 11.5. The van der Waals surface area contributed by atoms with Crippen LogP contribution in [0.5, 0.6) is 0 Å². The van der Waals surface area contributed by atoms with Crippen molar-refractivity contribution < 1.29 is 8.42 Å². The Morgan fingerprint density at radius 3 is 2.65 bits per heavy atom. The Morgan fingerprint density at radius 1 is 1.19 bits per heavy atom. The second-order valence-corrected chi connectivity index (χ2v) is 9.34. The predicted molar refractivity (Wildman–Crippen MR) is 109 cm³/mol. The first-order chi connectivity index (χ1) is 12.5. The molecule has 1 aromatic heterocycles. The molecule has 2 aromatic rings. The Hall–Kier alpha value is -1.53. The molecule has 0 amide bonds. The molecule has 5 nitrogen and oxygen atoms in total. The minimum Gasteiger partial charge on any atom is -0.361 e. The van der Waals surface area contributed by atoms with Gasteiger partial charge in [-0.1, -0.05) is 19.8 Å². The highest BCUT2D eigenvalue weighted by Crippen LogP contribution is 2.34. The topological polar surface area (TPSA) is 65.2 Å². The monoisotopic (exact) mass is 377 g/mol. The summed E-state index contributed by atoms with van der Waals surface area (Å²) in [5.74, 6) is 0.630. The summed E-state index contributed by atoms with van der Waals surface area (Å²) in [5.41, 5.74) is 3.05. The molecular formula is C20H31N3O2S. The van der Waals surface area contributed by atoms with E-state index in [9.17, 15) is 8.42 Å². The van der Waals surface area contributed by atoms with E-state index in [0.29, 0.717) is 11.6 Å². The molecule has 1 aliphatic rings. The third kappa shape index (κ3) is 4.60. The van der Waals surface area contributed by atoms with Gasteiger partial charge in [0.2, 0.25) is 10.0 Å². The molecule has 144 valence electrons. The minimum absolute atomic E-state index is 0.0848. The Labute approximate surface area is 157 Å². The molecule has 6 heteroatoms. The lowest BCUT2D eigenvalue weighted by atomic mass is 9.89. The lowest BCUT2D eigenvalue weighted by Crippen LogP contribution is -2.33. The van der Waals surface area contributed by atoms with Gasteiger partial charge in [-0.15, -0.1) is 0 Å². The molecule has 1 saturated heterocycles. The summed E-state index contributed by atoms with van der Waals surface area (Å²) < 4.78 is 26.4. The van der Waals surface area contributed by atoms with Crippen LogP contribution in [-0.2, 0) is 10.0 Å². The Kier molecular flexibility index (Phi) is 6.24. The average molecular weight is 378 g/mol. The van der Waals surface area contributed by atoms with Crippen molar-refractivity contribution in [1.82, 2.24) is 9.88 Å². The summed E-state index contributed by atoms with van der Waals surface area (Å²) in [6, 6.07) is 5.76. The molecule has 1 aromatic carbocycles. The van der Waals surface area contributed by atoms with Crippen LogP contribution in [0, 0.1) is 0 Å². The number of piperidine rings is 1. The Balaban J connectivity index is 1.70. The zero-order valence-corrected chi connectivity index (χ0v) is 16.7. The number of aromatic amines is 1. The van der Waals surface area contributed by atoms with Crippen LogP contribution in [0.15, 0.2) is 24.4 Å². The van der Waals surface area contributed by atoms with Gasteiger partial charge in [0.25, 0.3) is 0 Å². The largest absolute Gasteiger partial charge is 0.361 e. The molecule has 0 radical (unpaired) electrons. The van der Waals surface area contributed by atoms with Crippen molar-refractivity contribution >= 4 is 26.6 Å². The van der Waals surface area contributed by atoms with E-state index in [0.717, 1.165) is 24.0 Å². The second-order valence-electron chi connectivity index (χ2n) is 7.33. The fourth-order valence-corrected chi connectivity index (χ4v) is 4.48. The standard InChI is InChI=1S/C20H31N3O2S/c1-3-5-6-11-23-12-9-16(10-13-23)19-15-21-20-8-7-17(14-18(19)20)22-26(24,25)4-2/h7-8,14-16,21-22H,3-6,9-13H2,1-2H3. The third-order valence-electron chi connectivity index (χ3n) is 5.47. The highest BCUT2D eigenvalue weighted by atomic mass is 32.2. The molecule has 0 unspecified atom stereocenters. The molecule has 26 heavy (non-hydrogen) atoms. The lowest BCUT2D eigenvalue weighted by Gasteiger charge is -2.32. The fourth-order valence-electron chi connectivity index (χ4n) is 3.85. The van der Waals surface area contributed by atoms with Gasteiger partial charge in [-0.05, 0) is 75.5 Å². The molecular weight excluding hydrogens is 346 g/mol. The number of nitrogens with zero attached hydrogens (tertiary/aromatic N) is 1. The van der Waals surface area contributed by atoms with Crippen molar-refractivity contribution in [3.05, 3.63) is 30.0 Å². The lowest BCUT2D eigenvalue weighted by molar-refractivity contribution is 0.209. The van der Waals surface area contributed by atoms with Gasteiger partial charge in [0.1, 0.15) is 0 Å². The van der Waals surface area contributed by atoms with Crippen LogP contribution in [0.4, 0.5) is 5.69 Å². The molecule has 0 spiro atoms. The highest BCUT2D eigenvalue weighted by molar-refractivity contribution is 7.92. The number of nitrogens with one attached hydrogen (secondary N) is 2. The Bertz CT molecular complexity index is 821. The van der Waals surface area contributed by atoms with Crippen LogP contribution < -0.4 is 4.72 Å². The maximum atomic E-state index is 11.8. The first kappa shape index (κ1) is 19.2. The number of fused-ring (bicyclic) bond motifs is 1. The van der Waals surface area contributed by atoms with Crippen LogP contribution in [0.2, 0.25) is 0 Å². The van der Waals surface area contributed by atoms with Crippen molar-refractivity contribution in [3.63, 3.8) is 0 Å². The van der Waals surface area contributed by atoms with Crippen molar-refractivity contribution in [2.75, 3.05) is 30.1 Å². The van der Waals surface area contributed by atoms with Crippen LogP contribution in [0.1, 0.15) is 57.4 Å². The molecule has 0 atom stereocenters. The van der Waals surface area contributed by atoms with E-state index in [2.05, 4.69) is 27.7 Å². The molecule has 1 fully saturated rings. The zero-order chi connectivity index (χ0) is 18.6. The van der Waals surface area contributed by atoms with E-state index >= 15 is 0 Å². The summed E-state index contributed by atoms with van der Waals surface area (Å²) in [4.78, 5) is 5.94. The van der Waals surface area contributed by atoms with Crippen LogP contribution in [-0.4, -0.2) is 43.7 Å². The van der Waals surface area contributed by atoms with Crippen molar-refractivity contribution in [2.24, 2.45) is 0 Å². The number of hydrogen-bond acceptors (Lipinski definition) is 3. The summed E-state index contributed by atoms with van der Waals surface area (Å²) in [5, 5.41) is 1.14. The van der Waals surface area contributed by atoms with Gasteiger partial charge >= 0.3 is 0 Å². The number of H-pyrrole nitrogens is 1. The van der Waals surface area contributed by atoms with E-state index in [-0.39, 0.29) is 5.75 Å². The van der Waals surface area contributed by atoms with Crippen molar-refractivity contribution in [1.29, 1.82) is 0 Å². The molecule has 2 N–H and O–H groups in total. The van der Waals surface area contributed by atoms with E-state index in [1.807, 2.05) is 18.2 Å². The van der Waals surface area contributed by atoms with Gasteiger partial charge < -0.3 is 9.88 Å². The molecule has 1 aliphatic heterocycles.